The number of hydrogen-bond acceptors (Lipinski definition) is 3. The van der Waals surface area contributed by atoms with E-state index in [1.54, 1.807) is 13.8 Å². The maximum absolute atomic E-state index is 11.1. The van der Waals surface area contributed by atoms with E-state index in [-0.39, 0.29) is 4.91 Å². The molecule has 0 bridgehead atoms. The van der Waals surface area contributed by atoms with E-state index in [0.717, 1.165) is 0 Å². The minimum absolute atomic E-state index is 0.245. The van der Waals surface area contributed by atoms with Crippen LogP contribution in [-0.4, -0.2) is 21.8 Å². The maximum atomic E-state index is 11.1. The number of methoxy groups -OCH3 is 1. The Kier molecular flexibility index (Phi) is 5.57. The van der Waals surface area contributed by atoms with Gasteiger partial charge in [-0.25, -0.2) is 9.00 Å². The zero-order chi connectivity index (χ0) is 10.4. The van der Waals surface area contributed by atoms with E-state index in [0.29, 0.717) is 18.4 Å². The van der Waals surface area contributed by atoms with Gasteiger partial charge >= 0.3 is 5.97 Å². The highest BCUT2D eigenvalue weighted by Gasteiger charge is 2.16. The molecule has 0 aromatic carbocycles. The van der Waals surface area contributed by atoms with Crippen LogP contribution in [0.25, 0.3) is 0 Å². The summed E-state index contributed by atoms with van der Waals surface area (Å²) >= 11 is -2.08. The minimum Gasteiger partial charge on any atom is -0.466 e. The van der Waals surface area contributed by atoms with E-state index in [9.17, 15) is 9.00 Å². The van der Waals surface area contributed by atoms with Gasteiger partial charge in [-0.3, -0.25) is 0 Å². The Morgan fingerprint density at radius 3 is 2.15 bits per heavy atom. The molecule has 1 N–H and O–H groups in total. The summed E-state index contributed by atoms with van der Waals surface area (Å²) in [6.07, 6.45) is 0.781. The summed E-state index contributed by atoms with van der Waals surface area (Å²) in [5, 5.41) is 0. The van der Waals surface area contributed by atoms with Gasteiger partial charge in [0.2, 0.25) is 0 Å². The number of ether oxygens (including phenoxy) is 1. The van der Waals surface area contributed by atoms with Crippen molar-refractivity contribution in [1.82, 2.24) is 0 Å². The van der Waals surface area contributed by atoms with Crippen molar-refractivity contribution in [3.05, 3.63) is 10.5 Å². The molecular formula is C8H14O4S. The van der Waals surface area contributed by atoms with Crippen LogP contribution in [0.5, 0.6) is 0 Å². The Balaban J connectivity index is 5.05. The van der Waals surface area contributed by atoms with Crippen molar-refractivity contribution in [3.8, 4) is 0 Å². The first kappa shape index (κ1) is 12.3. The zero-order valence-corrected chi connectivity index (χ0v) is 8.81. The van der Waals surface area contributed by atoms with Gasteiger partial charge < -0.3 is 9.29 Å². The Bertz CT molecular complexity index is 245. The van der Waals surface area contributed by atoms with E-state index >= 15 is 0 Å². The highest BCUT2D eigenvalue weighted by atomic mass is 32.2. The molecule has 0 amide bonds. The van der Waals surface area contributed by atoms with E-state index in [2.05, 4.69) is 4.74 Å². The summed E-state index contributed by atoms with van der Waals surface area (Å²) in [4.78, 5) is 11.4. The predicted octanol–water partition coefficient (Wildman–Crippen LogP) is 1.46. The topological polar surface area (TPSA) is 63.6 Å². The van der Waals surface area contributed by atoms with Gasteiger partial charge in [0.25, 0.3) is 0 Å². The molecule has 0 fully saturated rings. The van der Waals surface area contributed by atoms with Crippen LogP contribution in [0.4, 0.5) is 0 Å². The molecular weight excluding hydrogens is 192 g/mol. The first-order chi connectivity index (χ1) is 6.08. The minimum atomic E-state index is -2.08. The summed E-state index contributed by atoms with van der Waals surface area (Å²) in [7, 11) is 1.26. The molecule has 0 saturated heterocycles. The quantitative estimate of drug-likeness (QED) is 0.429. The fraction of sp³-hybridized carbons (Fsp3) is 0.625. The Labute approximate surface area is 80.3 Å². The molecule has 0 aromatic rings. The lowest BCUT2D eigenvalue weighted by molar-refractivity contribution is -0.136. The van der Waals surface area contributed by atoms with Crippen molar-refractivity contribution in [2.75, 3.05) is 7.11 Å². The summed E-state index contributed by atoms with van der Waals surface area (Å²) < 4.78 is 24.2. The molecule has 1 unspecified atom stereocenters. The van der Waals surface area contributed by atoms with Crippen LogP contribution in [0.3, 0.4) is 0 Å². The molecule has 1 atom stereocenters. The largest absolute Gasteiger partial charge is 0.466 e. The van der Waals surface area contributed by atoms with E-state index < -0.39 is 17.0 Å². The number of carbonyl (C=O) groups excluding carboxylic acids is 1. The first-order valence-corrected chi connectivity index (χ1v) is 5.10. The Morgan fingerprint density at radius 2 is 1.92 bits per heavy atom. The van der Waals surface area contributed by atoms with E-state index in [1.807, 2.05) is 0 Å². The van der Waals surface area contributed by atoms with Crippen molar-refractivity contribution in [2.45, 2.75) is 26.7 Å². The van der Waals surface area contributed by atoms with Gasteiger partial charge in [0.1, 0.15) is 0 Å². The third kappa shape index (κ3) is 3.28. The molecule has 76 valence electrons. The third-order valence-corrected chi connectivity index (χ3v) is 2.61. The SMILES string of the molecule is CCC(C(=O)OC)=C(CC)S(=O)O. The summed E-state index contributed by atoms with van der Waals surface area (Å²) in [5.41, 5.74) is 0.297. The molecule has 0 aliphatic rings. The molecule has 0 aromatic heterocycles. The molecule has 4 nitrogen and oxygen atoms in total. The number of rotatable bonds is 4. The van der Waals surface area contributed by atoms with Crippen LogP contribution in [0, 0.1) is 0 Å². The fourth-order valence-corrected chi connectivity index (χ4v) is 1.71. The smallest absolute Gasteiger partial charge is 0.334 e. The second-order valence-corrected chi connectivity index (χ2v) is 3.34. The van der Waals surface area contributed by atoms with Gasteiger partial charge in [-0.05, 0) is 12.8 Å². The number of carbonyl (C=O) groups is 1. The maximum Gasteiger partial charge on any atom is 0.334 e. The average molecular weight is 206 g/mol. The molecule has 0 aliphatic carbocycles. The molecule has 0 aliphatic heterocycles. The van der Waals surface area contributed by atoms with Gasteiger partial charge in [-0.2, -0.15) is 0 Å². The average Bonchev–Trinajstić information content (AvgIpc) is 2.12. The summed E-state index contributed by atoms with van der Waals surface area (Å²) in [6.45, 7) is 3.47. The van der Waals surface area contributed by atoms with Crippen molar-refractivity contribution >= 4 is 17.0 Å². The molecule has 5 heteroatoms. The highest BCUT2D eigenvalue weighted by Crippen LogP contribution is 2.16. The number of hydrogen-bond donors (Lipinski definition) is 1. The van der Waals surface area contributed by atoms with Gasteiger partial charge in [0.15, 0.2) is 11.1 Å². The van der Waals surface area contributed by atoms with E-state index in [1.165, 1.54) is 7.11 Å². The second kappa shape index (κ2) is 5.88. The van der Waals surface area contributed by atoms with Gasteiger partial charge in [0.05, 0.1) is 17.6 Å². The lowest BCUT2D eigenvalue weighted by Gasteiger charge is -2.06. The predicted molar refractivity (Wildman–Crippen MR) is 50.4 cm³/mol. The Morgan fingerprint density at radius 1 is 1.38 bits per heavy atom. The van der Waals surface area contributed by atoms with Crippen LogP contribution in [0.15, 0.2) is 10.5 Å². The highest BCUT2D eigenvalue weighted by molar-refractivity contribution is 7.83. The monoisotopic (exact) mass is 206 g/mol. The lowest BCUT2D eigenvalue weighted by atomic mass is 10.2. The molecule has 0 rings (SSSR count). The van der Waals surface area contributed by atoms with Crippen LogP contribution in [0.2, 0.25) is 0 Å². The van der Waals surface area contributed by atoms with Gasteiger partial charge in [-0.1, -0.05) is 13.8 Å². The van der Waals surface area contributed by atoms with Gasteiger partial charge in [0, 0.05) is 0 Å². The van der Waals surface area contributed by atoms with E-state index in [4.69, 9.17) is 4.55 Å². The number of allylic oxidation sites excluding steroid dienone is 1. The normalized spacial score (nSPS) is 14.8. The van der Waals surface area contributed by atoms with Crippen LogP contribution >= 0.6 is 0 Å². The zero-order valence-electron chi connectivity index (χ0n) is 7.99. The van der Waals surface area contributed by atoms with Crippen LogP contribution in [-0.2, 0) is 20.6 Å². The van der Waals surface area contributed by atoms with Crippen molar-refractivity contribution in [2.24, 2.45) is 0 Å². The van der Waals surface area contributed by atoms with Crippen molar-refractivity contribution in [1.29, 1.82) is 0 Å². The number of esters is 1. The third-order valence-electron chi connectivity index (χ3n) is 1.65. The molecule has 0 heterocycles. The lowest BCUT2D eigenvalue weighted by Crippen LogP contribution is -2.09. The standard InChI is InChI=1S/C8H14O4S/c1-4-6(8(9)12-3)7(5-2)13(10)11/h4-5H2,1-3H3,(H,10,11). The van der Waals surface area contributed by atoms with Crippen molar-refractivity contribution in [3.63, 3.8) is 0 Å². The Hall–Kier alpha value is -0.680. The fourth-order valence-electron chi connectivity index (χ4n) is 1.02. The second-order valence-electron chi connectivity index (χ2n) is 2.35. The molecule has 0 radical (unpaired) electrons. The summed E-state index contributed by atoms with van der Waals surface area (Å²) in [6, 6.07) is 0. The molecule has 0 saturated carbocycles. The van der Waals surface area contributed by atoms with Crippen molar-refractivity contribution < 1.29 is 18.3 Å². The molecule has 13 heavy (non-hydrogen) atoms. The van der Waals surface area contributed by atoms with Gasteiger partial charge in [-0.15, -0.1) is 0 Å². The first-order valence-electron chi connectivity index (χ1n) is 3.99. The summed E-state index contributed by atoms with van der Waals surface area (Å²) in [5.74, 6) is -0.526. The van der Waals surface area contributed by atoms with Crippen LogP contribution in [0.1, 0.15) is 26.7 Å². The molecule has 0 spiro atoms. The van der Waals surface area contributed by atoms with Crippen LogP contribution < -0.4 is 0 Å².